The second-order valence-corrected chi connectivity index (χ2v) is 11.4. The van der Waals surface area contributed by atoms with E-state index in [1.54, 1.807) is 0 Å². The molecule has 0 atom stereocenters. The Morgan fingerprint density at radius 1 is 0.302 bits per heavy atom. The highest BCUT2D eigenvalue weighted by molar-refractivity contribution is 6.21. The molecule has 200 valence electrons. The maximum Gasteiger partial charge on any atom is 0.0547 e. The van der Waals surface area contributed by atoms with Crippen LogP contribution in [0.15, 0.2) is 164 Å². The first-order chi connectivity index (χ1) is 21.3. The minimum atomic E-state index is 1.18. The van der Waals surface area contributed by atoms with Crippen LogP contribution in [0.25, 0.3) is 82.1 Å². The van der Waals surface area contributed by atoms with E-state index in [9.17, 15) is 0 Å². The molecule has 0 fully saturated rings. The van der Waals surface area contributed by atoms with Gasteiger partial charge in [-0.3, -0.25) is 0 Å². The van der Waals surface area contributed by atoms with Crippen LogP contribution in [0.4, 0.5) is 0 Å². The summed E-state index contributed by atoms with van der Waals surface area (Å²) in [5.41, 5.74) is 8.61. The Labute approximate surface area is 249 Å². The summed E-state index contributed by atoms with van der Waals surface area (Å²) in [6.07, 6.45) is 0. The summed E-state index contributed by atoms with van der Waals surface area (Å²) >= 11 is 0. The summed E-state index contributed by atoms with van der Waals surface area (Å²) in [4.78, 5) is 0. The van der Waals surface area contributed by atoms with E-state index in [4.69, 9.17) is 0 Å². The molecule has 1 nitrogen and oxygen atoms in total. The molecule has 1 heterocycles. The first-order valence-corrected chi connectivity index (χ1v) is 14.8. The molecular formula is C42H27N. The molecular weight excluding hydrogens is 518 g/mol. The van der Waals surface area contributed by atoms with Crippen molar-refractivity contribution < 1.29 is 0 Å². The monoisotopic (exact) mass is 545 g/mol. The lowest BCUT2D eigenvalue weighted by atomic mass is 9.95. The fourth-order valence-corrected chi connectivity index (χ4v) is 6.80. The maximum absolute atomic E-state index is 2.39. The second-order valence-electron chi connectivity index (χ2n) is 11.4. The third-order valence-corrected chi connectivity index (χ3v) is 8.93. The standard InChI is InChI=1S/C42H27N/c1-2-10-37(11-3-1)43-40-13-7-6-12-38(40)42-39-27-36(17-15-29(39)22-23-41(42)43)35-21-20-33-25-32(18-19-34(33)26-35)31-16-14-28-8-4-5-9-30(28)24-31/h1-27H. The van der Waals surface area contributed by atoms with Crippen molar-refractivity contribution in [3.63, 3.8) is 0 Å². The predicted molar refractivity (Wildman–Crippen MR) is 184 cm³/mol. The van der Waals surface area contributed by atoms with Crippen LogP contribution < -0.4 is 0 Å². The van der Waals surface area contributed by atoms with Crippen molar-refractivity contribution in [3.8, 4) is 27.9 Å². The highest BCUT2D eigenvalue weighted by Gasteiger charge is 2.15. The number of para-hydroxylation sites is 2. The predicted octanol–water partition coefficient (Wildman–Crippen LogP) is 11.6. The van der Waals surface area contributed by atoms with Crippen LogP contribution in [-0.2, 0) is 0 Å². The van der Waals surface area contributed by atoms with Gasteiger partial charge in [-0.1, -0.05) is 115 Å². The lowest BCUT2D eigenvalue weighted by Crippen LogP contribution is -1.92. The van der Waals surface area contributed by atoms with Crippen LogP contribution in [0.3, 0.4) is 0 Å². The maximum atomic E-state index is 2.39. The van der Waals surface area contributed by atoms with Gasteiger partial charge in [0, 0.05) is 16.5 Å². The normalized spacial score (nSPS) is 11.7. The van der Waals surface area contributed by atoms with E-state index in [2.05, 4.69) is 168 Å². The number of benzene rings is 8. The molecule has 0 aliphatic heterocycles. The van der Waals surface area contributed by atoms with E-state index in [0.717, 1.165) is 0 Å². The first kappa shape index (κ1) is 24.0. The van der Waals surface area contributed by atoms with E-state index in [1.807, 2.05) is 0 Å². The van der Waals surface area contributed by atoms with Gasteiger partial charge < -0.3 is 4.57 Å². The molecule has 0 spiro atoms. The molecule has 0 bridgehead atoms. The lowest BCUT2D eigenvalue weighted by molar-refractivity contribution is 1.18. The van der Waals surface area contributed by atoms with Crippen LogP contribution in [0.1, 0.15) is 0 Å². The van der Waals surface area contributed by atoms with Crippen LogP contribution in [0.2, 0.25) is 0 Å². The largest absolute Gasteiger partial charge is 0.309 e. The number of aromatic nitrogens is 1. The summed E-state index contributed by atoms with van der Waals surface area (Å²) in [5.74, 6) is 0. The minimum absolute atomic E-state index is 1.18. The van der Waals surface area contributed by atoms with Crippen LogP contribution in [0.5, 0.6) is 0 Å². The first-order valence-electron chi connectivity index (χ1n) is 14.8. The smallest absolute Gasteiger partial charge is 0.0547 e. The molecule has 9 aromatic rings. The van der Waals surface area contributed by atoms with Gasteiger partial charge in [-0.15, -0.1) is 0 Å². The van der Waals surface area contributed by atoms with Gasteiger partial charge >= 0.3 is 0 Å². The van der Waals surface area contributed by atoms with Crippen molar-refractivity contribution in [1.82, 2.24) is 4.57 Å². The van der Waals surface area contributed by atoms with E-state index in [-0.39, 0.29) is 0 Å². The third kappa shape index (κ3) is 3.86. The minimum Gasteiger partial charge on any atom is -0.309 e. The fraction of sp³-hybridized carbons (Fsp3) is 0. The molecule has 9 rings (SSSR count). The molecule has 0 radical (unpaired) electrons. The number of rotatable bonds is 3. The number of nitrogens with zero attached hydrogens (tertiary/aromatic N) is 1. The van der Waals surface area contributed by atoms with Gasteiger partial charge in [-0.2, -0.15) is 0 Å². The lowest BCUT2D eigenvalue weighted by Gasteiger charge is -2.10. The van der Waals surface area contributed by atoms with Gasteiger partial charge in [0.25, 0.3) is 0 Å². The highest BCUT2D eigenvalue weighted by Crippen LogP contribution is 2.39. The molecule has 1 heteroatoms. The van der Waals surface area contributed by atoms with Gasteiger partial charge in [-0.05, 0) is 103 Å². The Bertz CT molecular complexity index is 2500. The van der Waals surface area contributed by atoms with Crippen molar-refractivity contribution in [2.24, 2.45) is 0 Å². The van der Waals surface area contributed by atoms with Crippen molar-refractivity contribution in [1.29, 1.82) is 0 Å². The van der Waals surface area contributed by atoms with Crippen molar-refractivity contribution in [2.45, 2.75) is 0 Å². The molecule has 0 N–H and O–H groups in total. The average molecular weight is 546 g/mol. The van der Waals surface area contributed by atoms with Gasteiger partial charge in [0.15, 0.2) is 0 Å². The van der Waals surface area contributed by atoms with Gasteiger partial charge in [0.2, 0.25) is 0 Å². The Kier molecular flexibility index (Phi) is 5.27. The molecule has 0 unspecified atom stereocenters. The molecule has 8 aromatic carbocycles. The average Bonchev–Trinajstić information content (AvgIpc) is 3.42. The SMILES string of the molecule is c1ccc(-n2c3ccccc3c3c4cc(-c5ccc6cc(-c7ccc8ccccc8c7)ccc6c5)ccc4ccc32)cc1. The van der Waals surface area contributed by atoms with Crippen LogP contribution >= 0.6 is 0 Å². The van der Waals surface area contributed by atoms with Crippen molar-refractivity contribution in [3.05, 3.63) is 164 Å². The van der Waals surface area contributed by atoms with Crippen molar-refractivity contribution >= 4 is 54.1 Å². The topological polar surface area (TPSA) is 4.93 Å². The van der Waals surface area contributed by atoms with Crippen LogP contribution in [-0.4, -0.2) is 4.57 Å². The van der Waals surface area contributed by atoms with E-state index in [1.165, 1.54) is 82.1 Å². The highest BCUT2D eigenvalue weighted by atomic mass is 15.0. The second kappa shape index (κ2) is 9.44. The summed E-state index contributed by atoms with van der Waals surface area (Å²) < 4.78 is 2.39. The zero-order chi connectivity index (χ0) is 28.3. The van der Waals surface area contributed by atoms with Crippen molar-refractivity contribution in [2.75, 3.05) is 0 Å². The Hall–Kier alpha value is -5.66. The number of hydrogen-bond donors (Lipinski definition) is 0. The number of fused-ring (bicyclic) bond motifs is 7. The molecule has 1 aromatic heterocycles. The summed E-state index contributed by atoms with van der Waals surface area (Å²) in [7, 11) is 0. The Balaban J connectivity index is 1.18. The van der Waals surface area contributed by atoms with Crippen LogP contribution in [0, 0.1) is 0 Å². The van der Waals surface area contributed by atoms with E-state index in [0.29, 0.717) is 0 Å². The Morgan fingerprint density at radius 2 is 0.814 bits per heavy atom. The summed E-state index contributed by atoms with van der Waals surface area (Å²) in [6.45, 7) is 0. The van der Waals surface area contributed by atoms with Gasteiger partial charge in [-0.25, -0.2) is 0 Å². The van der Waals surface area contributed by atoms with E-state index < -0.39 is 0 Å². The molecule has 0 saturated carbocycles. The summed E-state index contributed by atoms with van der Waals surface area (Å²) in [5, 5.41) is 10.2. The van der Waals surface area contributed by atoms with E-state index >= 15 is 0 Å². The molecule has 0 aliphatic rings. The fourth-order valence-electron chi connectivity index (χ4n) is 6.80. The molecule has 0 saturated heterocycles. The Morgan fingerprint density at radius 3 is 1.53 bits per heavy atom. The summed E-state index contributed by atoms with van der Waals surface area (Å²) in [6, 6.07) is 59.8. The van der Waals surface area contributed by atoms with Gasteiger partial charge in [0.05, 0.1) is 11.0 Å². The molecule has 43 heavy (non-hydrogen) atoms. The quantitative estimate of drug-likeness (QED) is 0.208. The zero-order valence-corrected chi connectivity index (χ0v) is 23.5. The van der Waals surface area contributed by atoms with Gasteiger partial charge in [0.1, 0.15) is 0 Å². The molecule has 0 aliphatic carbocycles. The number of hydrogen-bond acceptors (Lipinski definition) is 0. The zero-order valence-electron chi connectivity index (χ0n) is 23.5. The molecule has 0 amide bonds. The third-order valence-electron chi connectivity index (χ3n) is 8.93.